The van der Waals surface area contributed by atoms with Gasteiger partial charge >= 0.3 is 0 Å². The van der Waals surface area contributed by atoms with Crippen LogP contribution in [0, 0.1) is 11.6 Å². The molecule has 0 aliphatic heterocycles. The number of rotatable bonds is 8. The van der Waals surface area contributed by atoms with Crippen LogP contribution in [0.2, 0.25) is 10.0 Å². The van der Waals surface area contributed by atoms with E-state index in [0.29, 0.717) is 63.3 Å². The fourth-order valence-electron chi connectivity index (χ4n) is 7.89. The van der Waals surface area contributed by atoms with Gasteiger partial charge in [0.25, 0.3) is 11.8 Å². The molecular weight excluding hydrogens is 757 g/mol. The first-order chi connectivity index (χ1) is 27.0. The predicted octanol–water partition coefficient (Wildman–Crippen LogP) is 9.03. The van der Waals surface area contributed by atoms with Gasteiger partial charge in [-0.2, -0.15) is 0 Å². The Morgan fingerprint density at radius 1 is 0.607 bits per heavy atom. The quantitative estimate of drug-likeness (QED) is 0.123. The Morgan fingerprint density at radius 3 is 1.55 bits per heavy atom. The van der Waals surface area contributed by atoms with Gasteiger partial charge in [-0.25, -0.2) is 8.78 Å². The van der Waals surface area contributed by atoms with Crippen LogP contribution in [0.5, 0.6) is 0 Å². The molecule has 8 nitrogen and oxygen atoms in total. The van der Waals surface area contributed by atoms with Gasteiger partial charge < -0.3 is 30.0 Å². The number of aromatic nitrogens is 2. The number of nitrogens with zero attached hydrogens (tertiary/aromatic N) is 2. The second kappa shape index (κ2) is 17.6. The van der Waals surface area contributed by atoms with E-state index in [2.05, 4.69) is 10.6 Å². The van der Waals surface area contributed by atoms with Crippen molar-refractivity contribution in [2.45, 2.75) is 88.7 Å². The first kappa shape index (κ1) is 39.5. The Bertz CT molecular complexity index is 2340. The molecule has 12 heteroatoms. The number of carbonyl (C=O) groups excluding carboxylic acids is 2. The maximum atomic E-state index is 14.6. The van der Waals surface area contributed by atoms with Gasteiger partial charge in [-0.05, 0) is 85.3 Å². The average molecular weight is 802 g/mol. The Hall–Kier alpha value is -4.74. The first-order valence-corrected chi connectivity index (χ1v) is 19.8. The normalized spacial score (nSPS) is 19.7. The number of fused-ring (bicyclic) bond motifs is 2. The van der Waals surface area contributed by atoms with Crippen molar-refractivity contribution in [1.29, 1.82) is 0 Å². The lowest BCUT2D eigenvalue weighted by molar-refractivity contribution is 0.0716. The number of hydrogen-bond donors (Lipinski definition) is 4. The van der Waals surface area contributed by atoms with Crippen molar-refractivity contribution >= 4 is 56.8 Å². The molecule has 4 atom stereocenters. The van der Waals surface area contributed by atoms with Crippen LogP contribution in [0.3, 0.4) is 0 Å². The zero-order valence-corrected chi connectivity index (χ0v) is 32.2. The van der Waals surface area contributed by atoms with E-state index >= 15 is 0 Å². The second-order valence-electron chi connectivity index (χ2n) is 14.7. The highest BCUT2D eigenvalue weighted by atomic mass is 35.5. The highest BCUT2D eigenvalue weighted by molar-refractivity contribution is 6.30. The molecule has 2 heterocycles. The molecule has 56 heavy (non-hydrogen) atoms. The van der Waals surface area contributed by atoms with E-state index in [1.54, 1.807) is 54.9 Å². The minimum atomic E-state index is -0.553. The number of aliphatic hydroxyl groups is 2. The van der Waals surface area contributed by atoms with Crippen LogP contribution in [0.25, 0.3) is 21.8 Å². The lowest BCUT2D eigenvalue weighted by atomic mass is 9.92. The van der Waals surface area contributed by atoms with E-state index in [1.165, 1.54) is 12.1 Å². The molecule has 2 amide bonds. The molecule has 4 aromatic carbocycles. The van der Waals surface area contributed by atoms with Gasteiger partial charge in [-0.3, -0.25) is 9.59 Å². The number of aliphatic hydroxyl groups excluding tert-OH is 2. The third-order valence-electron chi connectivity index (χ3n) is 10.8. The molecule has 6 aromatic rings. The van der Waals surface area contributed by atoms with Crippen LogP contribution in [0.1, 0.15) is 83.2 Å². The summed E-state index contributed by atoms with van der Waals surface area (Å²) in [5.74, 6) is -1.57. The van der Waals surface area contributed by atoms with Crippen molar-refractivity contribution in [1.82, 2.24) is 19.8 Å². The SMILES string of the molecule is O=C(N[C@H]1CCCC[C@@H]1O)c1cn(Cc2ccc(Cl)cc2)c2cccc(F)c12.O=C(N[C@H]1CCCC[C@@H]1O)c1cn(Cc2cccc(Cl)c2)c2cccc(F)c12. The Morgan fingerprint density at radius 2 is 1.07 bits per heavy atom. The van der Waals surface area contributed by atoms with Gasteiger partial charge in [0.2, 0.25) is 0 Å². The smallest absolute Gasteiger partial charge is 0.253 e. The van der Waals surface area contributed by atoms with Gasteiger partial charge in [0.05, 0.1) is 46.5 Å². The van der Waals surface area contributed by atoms with Crippen LogP contribution in [-0.2, 0) is 13.1 Å². The molecular formula is C44H44Cl2F2N4O4. The Balaban J connectivity index is 0.000000172. The standard InChI is InChI=1S/2C22H22ClFN2O2/c23-15-6-3-5-14(11-15)12-26-13-16(21-17(24)7-4-9-19(21)26)22(28)25-18-8-1-2-10-20(18)27;23-15-10-8-14(9-11-15)12-26-13-16(21-17(24)4-3-6-19(21)26)22(28)25-18-5-1-2-7-20(18)27/h3-7,9,11,13,18,20,27H,1-2,8,10,12H2,(H,25,28);3-4,6,8-11,13,18,20,27H,1-2,5,7,12H2,(H,25,28)/t2*18-,20-/m00/s1. The van der Waals surface area contributed by atoms with Crippen LogP contribution in [0.4, 0.5) is 8.78 Å². The number of amides is 2. The molecule has 2 aliphatic carbocycles. The molecule has 0 saturated heterocycles. The Kier molecular flexibility index (Phi) is 12.4. The van der Waals surface area contributed by atoms with Crippen molar-refractivity contribution < 1.29 is 28.6 Å². The van der Waals surface area contributed by atoms with E-state index in [1.807, 2.05) is 39.5 Å². The number of nitrogens with one attached hydrogen (secondary N) is 2. The largest absolute Gasteiger partial charge is 0.391 e. The fraction of sp³-hybridized carbons (Fsp3) is 0.318. The van der Waals surface area contributed by atoms with E-state index in [0.717, 1.165) is 49.7 Å². The molecule has 0 unspecified atom stereocenters. The molecule has 8 rings (SSSR count). The summed E-state index contributed by atoms with van der Waals surface area (Å²) in [6, 6.07) is 23.9. The highest BCUT2D eigenvalue weighted by Crippen LogP contribution is 2.29. The highest BCUT2D eigenvalue weighted by Gasteiger charge is 2.28. The summed E-state index contributed by atoms with van der Waals surface area (Å²) in [7, 11) is 0. The van der Waals surface area contributed by atoms with Crippen molar-refractivity contribution in [2.24, 2.45) is 0 Å². The van der Waals surface area contributed by atoms with Gasteiger partial charge in [0.1, 0.15) is 11.6 Å². The molecule has 4 N–H and O–H groups in total. The summed E-state index contributed by atoms with van der Waals surface area (Å²) in [5.41, 5.74) is 3.84. The Labute approximate surface area is 334 Å². The van der Waals surface area contributed by atoms with Crippen LogP contribution < -0.4 is 10.6 Å². The maximum Gasteiger partial charge on any atom is 0.253 e. The number of carbonyl (C=O) groups is 2. The zero-order valence-electron chi connectivity index (χ0n) is 30.7. The third-order valence-corrected chi connectivity index (χ3v) is 11.3. The van der Waals surface area contributed by atoms with E-state index in [4.69, 9.17) is 23.2 Å². The molecule has 2 aliphatic rings. The zero-order chi connectivity index (χ0) is 39.3. The van der Waals surface area contributed by atoms with Crippen LogP contribution in [0.15, 0.2) is 97.3 Å². The first-order valence-electron chi connectivity index (χ1n) is 19.1. The average Bonchev–Trinajstić information content (AvgIpc) is 3.75. The summed E-state index contributed by atoms with van der Waals surface area (Å²) in [4.78, 5) is 25.8. The summed E-state index contributed by atoms with van der Waals surface area (Å²) in [6.45, 7) is 0.969. The molecule has 2 aromatic heterocycles. The summed E-state index contributed by atoms with van der Waals surface area (Å²) < 4.78 is 32.9. The topological polar surface area (TPSA) is 109 Å². The minimum Gasteiger partial charge on any atom is -0.391 e. The van der Waals surface area contributed by atoms with Crippen molar-refractivity contribution in [3.8, 4) is 0 Å². The second-order valence-corrected chi connectivity index (χ2v) is 15.6. The molecule has 2 saturated carbocycles. The maximum absolute atomic E-state index is 14.6. The molecule has 0 radical (unpaired) electrons. The minimum absolute atomic E-state index is 0.285. The van der Waals surface area contributed by atoms with Gasteiger partial charge in [0.15, 0.2) is 0 Å². The summed E-state index contributed by atoms with van der Waals surface area (Å²) in [5, 5.41) is 28.0. The molecule has 2 fully saturated rings. The summed E-state index contributed by atoms with van der Waals surface area (Å²) in [6.07, 6.45) is 8.94. The van der Waals surface area contributed by atoms with Gasteiger partial charge in [-0.1, -0.05) is 85.3 Å². The molecule has 292 valence electrons. The third kappa shape index (κ3) is 8.94. The fourth-order valence-corrected chi connectivity index (χ4v) is 8.23. The van der Waals surface area contributed by atoms with Crippen molar-refractivity contribution in [3.63, 3.8) is 0 Å². The van der Waals surface area contributed by atoms with Crippen LogP contribution >= 0.6 is 23.2 Å². The van der Waals surface area contributed by atoms with Crippen LogP contribution in [-0.4, -0.2) is 55.5 Å². The van der Waals surface area contributed by atoms with E-state index in [9.17, 15) is 28.6 Å². The van der Waals surface area contributed by atoms with Crippen molar-refractivity contribution in [2.75, 3.05) is 0 Å². The number of halogens is 4. The number of hydrogen-bond acceptors (Lipinski definition) is 4. The monoisotopic (exact) mass is 800 g/mol. The molecule has 0 spiro atoms. The predicted molar refractivity (Wildman–Crippen MR) is 216 cm³/mol. The van der Waals surface area contributed by atoms with Gasteiger partial charge in [-0.15, -0.1) is 0 Å². The lowest BCUT2D eigenvalue weighted by Crippen LogP contribution is -2.45. The molecule has 0 bridgehead atoms. The van der Waals surface area contributed by atoms with Gasteiger partial charge in [0, 0.05) is 46.3 Å². The lowest BCUT2D eigenvalue weighted by Gasteiger charge is -2.28. The number of benzene rings is 4. The van der Waals surface area contributed by atoms with E-state index in [-0.39, 0.29) is 29.5 Å². The summed E-state index contributed by atoms with van der Waals surface area (Å²) >= 11 is 12.0. The van der Waals surface area contributed by atoms with E-state index < -0.39 is 23.8 Å². The van der Waals surface area contributed by atoms with Crippen molar-refractivity contribution in [3.05, 3.63) is 141 Å².